The number of nitro groups is 1. The Bertz CT molecular complexity index is 1090. The van der Waals surface area contributed by atoms with E-state index in [-0.39, 0.29) is 29.8 Å². The molecule has 9 heteroatoms. The Hall–Kier alpha value is -2.94. The van der Waals surface area contributed by atoms with E-state index in [0.717, 1.165) is 11.1 Å². The summed E-state index contributed by atoms with van der Waals surface area (Å²) in [5, 5.41) is 11.1. The Labute approximate surface area is 168 Å². The highest BCUT2D eigenvalue weighted by atomic mass is 32.2. The third kappa shape index (κ3) is 3.57. The van der Waals surface area contributed by atoms with Crippen molar-refractivity contribution in [3.05, 3.63) is 69.3 Å². The number of carbonyl (C=O) groups excluding carboxylic acids is 1. The first-order valence-corrected chi connectivity index (χ1v) is 11.1. The standard InChI is InChI=1S/C20H21N3O5S/c1-13-6-14(2)8-17(7-13)22-19-12-29(27,28)11-18(19)21(20(22)24)10-15-4-3-5-16(9-15)23(25)26/h3-9,18-19H,10-12H2,1-2H3/t18-,19+/m0/s1. The van der Waals surface area contributed by atoms with E-state index in [0.29, 0.717) is 11.3 Å². The summed E-state index contributed by atoms with van der Waals surface area (Å²) in [6, 6.07) is 10.6. The maximum Gasteiger partial charge on any atom is 0.325 e. The lowest BCUT2D eigenvalue weighted by molar-refractivity contribution is -0.384. The van der Waals surface area contributed by atoms with Crippen molar-refractivity contribution in [3.63, 3.8) is 0 Å². The summed E-state index contributed by atoms with van der Waals surface area (Å²) in [5.41, 5.74) is 3.19. The average Bonchev–Trinajstić information content (AvgIpc) is 3.05. The van der Waals surface area contributed by atoms with Crippen LogP contribution in [0, 0.1) is 24.0 Å². The van der Waals surface area contributed by atoms with Crippen molar-refractivity contribution >= 4 is 27.2 Å². The maximum atomic E-state index is 13.3. The van der Waals surface area contributed by atoms with Crippen molar-refractivity contribution in [2.45, 2.75) is 32.5 Å². The molecule has 152 valence electrons. The first-order chi connectivity index (χ1) is 13.6. The minimum absolute atomic E-state index is 0.0593. The Morgan fingerprint density at radius 2 is 1.72 bits per heavy atom. The molecule has 2 aromatic carbocycles. The van der Waals surface area contributed by atoms with E-state index in [9.17, 15) is 23.3 Å². The lowest BCUT2D eigenvalue weighted by atomic mass is 10.1. The number of carbonyl (C=O) groups is 1. The largest absolute Gasteiger partial charge is 0.325 e. The lowest BCUT2D eigenvalue weighted by Gasteiger charge is -2.23. The molecule has 2 aliphatic heterocycles. The number of hydrogen-bond acceptors (Lipinski definition) is 5. The zero-order valence-electron chi connectivity index (χ0n) is 16.1. The molecule has 2 amide bonds. The number of nitrogens with zero attached hydrogens (tertiary/aromatic N) is 3. The molecule has 0 radical (unpaired) electrons. The lowest BCUT2D eigenvalue weighted by Crippen LogP contribution is -2.37. The Kier molecular flexibility index (Phi) is 4.57. The molecule has 0 aliphatic carbocycles. The minimum Gasteiger partial charge on any atom is -0.314 e. The molecular formula is C20H21N3O5S. The summed E-state index contributed by atoms with van der Waals surface area (Å²) < 4.78 is 24.7. The highest BCUT2D eigenvalue weighted by Gasteiger charge is 2.53. The molecule has 4 rings (SSSR count). The molecule has 2 aliphatic rings. The summed E-state index contributed by atoms with van der Waals surface area (Å²) in [4.78, 5) is 27.0. The zero-order chi connectivity index (χ0) is 20.9. The van der Waals surface area contributed by atoms with Gasteiger partial charge in [0, 0.05) is 24.4 Å². The fraction of sp³-hybridized carbons (Fsp3) is 0.350. The molecule has 8 nitrogen and oxygen atoms in total. The van der Waals surface area contributed by atoms with Gasteiger partial charge in [0.05, 0.1) is 28.5 Å². The van der Waals surface area contributed by atoms with Crippen LogP contribution < -0.4 is 4.90 Å². The number of amides is 2. The van der Waals surface area contributed by atoms with Crippen molar-refractivity contribution in [2.75, 3.05) is 16.4 Å². The van der Waals surface area contributed by atoms with Gasteiger partial charge in [-0.05, 0) is 42.7 Å². The van der Waals surface area contributed by atoms with Gasteiger partial charge in [0.1, 0.15) is 0 Å². The molecule has 0 aromatic heterocycles. The van der Waals surface area contributed by atoms with Crippen LogP contribution in [-0.4, -0.2) is 47.9 Å². The molecule has 29 heavy (non-hydrogen) atoms. The van der Waals surface area contributed by atoms with Gasteiger partial charge in [-0.25, -0.2) is 13.2 Å². The first kappa shape index (κ1) is 19.4. The number of nitro benzene ring substituents is 1. The van der Waals surface area contributed by atoms with Crippen LogP contribution in [0.15, 0.2) is 42.5 Å². The number of sulfone groups is 1. The van der Waals surface area contributed by atoms with Crippen LogP contribution in [0.5, 0.6) is 0 Å². The van der Waals surface area contributed by atoms with Gasteiger partial charge < -0.3 is 4.90 Å². The smallest absolute Gasteiger partial charge is 0.314 e. The number of urea groups is 1. The summed E-state index contributed by atoms with van der Waals surface area (Å²) >= 11 is 0. The van der Waals surface area contributed by atoms with Gasteiger partial charge in [-0.1, -0.05) is 18.2 Å². The summed E-state index contributed by atoms with van der Waals surface area (Å²) in [6.07, 6.45) is 0. The van der Waals surface area contributed by atoms with Crippen LogP contribution >= 0.6 is 0 Å². The topological polar surface area (TPSA) is 101 Å². The Balaban J connectivity index is 1.72. The van der Waals surface area contributed by atoms with Gasteiger partial charge in [0.15, 0.2) is 9.84 Å². The molecule has 0 saturated carbocycles. The van der Waals surface area contributed by atoms with Crippen LogP contribution in [0.25, 0.3) is 0 Å². The van der Waals surface area contributed by atoms with Gasteiger partial charge in [-0.15, -0.1) is 0 Å². The number of hydrogen-bond donors (Lipinski definition) is 0. The number of non-ortho nitro benzene ring substituents is 1. The fourth-order valence-corrected chi connectivity index (χ4v) is 6.27. The van der Waals surface area contributed by atoms with E-state index < -0.39 is 26.8 Å². The summed E-state index contributed by atoms with van der Waals surface area (Å²) in [6.45, 7) is 3.99. The normalized spacial score (nSPS) is 22.8. The van der Waals surface area contributed by atoms with Crippen molar-refractivity contribution in [1.29, 1.82) is 0 Å². The highest BCUT2D eigenvalue weighted by Crippen LogP contribution is 2.36. The van der Waals surface area contributed by atoms with Crippen molar-refractivity contribution in [1.82, 2.24) is 4.90 Å². The number of anilines is 1. The zero-order valence-corrected chi connectivity index (χ0v) is 16.9. The number of benzene rings is 2. The Morgan fingerprint density at radius 1 is 1.07 bits per heavy atom. The number of fused-ring (bicyclic) bond motifs is 1. The van der Waals surface area contributed by atoms with E-state index in [1.165, 1.54) is 17.0 Å². The first-order valence-electron chi connectivity index (χ1n) is 9.26. The molecular weight excluding hydrogens is 394 g/mol. The van der Waals surface area contributed by atoms with E-state index in [4.69, 9.17) is 0 Å². The molecule has 2 saturated heterocycles. The van der Waals surface area contributed by atoms with Gasteiger partial charge in [0.25, 0.3) is 5.69 Å². The van der Waals surface area contributed by atoms with Crippen LogP contribution in [0.4, 0.5) is 16.2 Å². The number of aryl methyl sites for hydroxylation is 2. The number of rotatable bonds is 4. The second-order valence-corrected chi connectivity index (χ2v) is 9.92. The van der Waals surface area contributed by atoms with Gasteiger partial charge in [0.2, 0.25) is 0 Å². The van der Waals surface area contributed by atoms with Gasteiger partial charge in [-0.2, -0.15) is 0 Å². The molecule has 2 atom stereocenters. The van der Waals surface area contributed by atoms with E-state index in [2.05, 4.69) is 0 Å². The van der Waals surface area contributed by atoms with Crippen LogP contribution in [0.2, 0.25) is 0 Å². The van der Waals surface area contributed by atoms with Crippen molar-refractivity contribution in [2.24, 2.45) is 0 Å². The highest BCUT2D eigenvalue weighted by molar-refractivity contribution is 7.91. The predicted octanol–water partition coefficient (Wildman–Crippen LogP) is 2.82. The van der Waals surface area contributed by atoms with E-state index in [1.54, 1.807) is 17.0 Å². The molecule has 2 heterocycles. The Morgan fingerprint density at radius 3 is 2.38 bits per heavy atom. The second kappa shape index (κ2) is 6.84. The van der Waals surface area contributed by atoms with E-state index in [1.807, 2.05) is 32.0 Å². The summed E-state index contributed by atoms with van der Waals surface area (Å²) in [5.74, 6) is -0.179. The van der Waals surface area contributed by atoms with Crippen LogP contribution in [-0.2, 0) is 16.4 Å². The van der Waals surface area contributed by atoms with Gasteiger partial charge in [-0.3, -0.25) is 15.0 Å². The van der Waals surface area contributed by atoms with Gasteiger partial charge >= 0.3 is 6.03 Å². The quantitative estimate of drug-likeness (QED) is 0.434. The molecule has 2 aromatic rings. The molecule has 0 spiro atoms. The third-order valence-corrected chi connectivity index (χ3v) is 7.14. The molecule has 0 unspecified atom stereocenters. The van der Waals surface area contributed by atoms with Crippen molar-refractivity contribution < 1.29 is 18.1 Å². The summed E-state index contributed by atoms with van der Waals surface area (Å²) in [7, 11) is -3.28. The molecule has 0 bridgehead atoms. The fourth-order valence-electron chi connectivity index (χ4n) is 4.32. The van der Waals surface area contributed by atoms with Crippen molar-refractivity contribution in [3.8, 4) is 0 Å². The monoisotopic (exact) mass is 415 g/mol. The average molecular weight is 415 g/mol. The van der Waals surface area contributed by atoms with Crippen LogP contribution in [0.3, 0.4) is 0 Å². The molecule has 2 fully saturated rings. The SMILES string of the molecule is Cc1cc(C)cc(N2C(=O)N(Cc3cccc([N+](=O)[O-])c3)[C@H]3CS(=O)(=O)C[C@H]32)c1. The molecule has 0 N–H and O–H groups in total. The third-order valence-electron chi connectivity index (χ3n) is 5.44. The maximum absolute atomic E-state index is 13.3. The minimum atomic E-state index is -3.28. The predicted molar refractivity (Wildman–Crippen MR) is 109 cm³/mol. The second-order valence-electron chi connectivity index (χ2n) is 7.76. The van der Waals surface area contributed by atoms with E-state index >= 15 is 0 Å². The van der Waals surface area contributed by atoms with Crippen LogP contribution in [0.1, 0.15) is 16.7 Å².